The van der Waals surface area contributed by atoms with Crippen LogP contribution in [0.2, 0.25) is 0 Å². The van der Waals surface area contributed by atoms with E-state index in [0.29, 0.717) is 6.04 Å². The van der Waals surface area contributed by atoms with Crippen LogP contribution in [0.5, 0.6) is 0 Å². The molecule has 0 bridgehead atoms. The predicted molar refractivity (Wildman–Crippen MR) is 77.1 cm³/mol. The molecule has 0 fully saturated rings. The van der Waals surface area contributed by atoms with Gasteiger partial charge in [-0.25, -0.2) is 0 Å². The fourth-order valence-corrected chi connectivity index (χ4v) is 3.03. The number of hydrogen-bond acceptors (Lipinski definition) is 3. The van der Waals surface area contributed by atoms with Crippen LogP contribution in [0.25, 0.3) is 0 Å². The zero-order valence-corrected chi connectivity index (χ0v) is 11.9. The van der Waals surface area contributed by atoms with Crippen LogP contribution in [0.1, 0.15) is 42.5 Å². The van der Waals surface area contributed by atoms with Crippen LogP contribution in [0, 0.1) is 0 Å². The van der Waals surface area contributed by atoms with Crippen molar-refractivity contribution in [1.29, 1.82) is 0 Å². The lowest BCUT2D eigenvalue weighted by molar-refractivity contribution is 0.475. The molecule has 2 heterocycles. The maximum atomic E-state index is 5.54. The molecular weight excluding hydrogens is 242 g/mol. The minimum atomic E-state index is 0.408. The van der Waals surface area contributed by atoms with Crippen molar-refractivity contribution in [2.24, 2.45) is 0 Å². The summed E-state index contributed by atoms with van der Waals surface area (Å²) in [6, 6.07) is 6.85. The van der Waals surface area contributed by atoms with Gasteiger partial charge >= 0.3 is 0 Å². The average Bonchev–Trinajstić information content (AvgIpc) is 3.04. The van der Waals surface area contributed by atoms with Crippen molar-refractivity contribution < 1.29 is 4.42 Å². The third-order valence-corrected chi connectivity index (χ3v) is 4.12. The normalized spacial score (nSPS) is 12.8. The van der Waals surface area contributed by atoms with Crippen LogP contribution in [0.4, 0.5) is 0 Å². The predicted octanol–water partition coefficient (Wildman–Crippen LogP) is 4.19. The van der Waals surface area contributed by atoms with E-state index in [0.717, 1.165) is 31.6 Å². The van der Waals surface area contributed by atoms with Crippen LogP contribution >= 0.6 is 11.3 Å². The van der Waals surface area contributed by atoms with Crippen LogP contribution in [0.15, 0.2) is 34.3 Å². The maximum absolute atomic E-state index is 5.54. The third kappa shape index (κ3) is 3.24. The molecule has 0 aliphatic heterocycles. The average molecular weight is 263 g/mol. The Bertz CT molecular complexity index is 447. The Balaban J connectivity index is 2.03. The second-order valence-electron chi connectivity index (χ2n) is 4.38. The molecule has 0 saturated carbocycles. The van der Waals surface area contributed by atoms with Crippen LogP contribution in [0.3, 0.4) is 0 Å². The third-order valence-electron chi connectivity index (χ3n) is 3.19. The van der Waals surface area contributed by atoms with Gasteiger partial charge in [0.2, 0.25) is 0 Å². The van der Waals surface area contributed by atoms with Crippen molar-refractivity contribution in [3.8, 4) is 0 Å². The highest BCUT2D eigenvalue weighted by Gasteiger charge is 2.16. The molecule has 0 aliphatic rings. The molecule has 3 heteroatoms. The summed E-state index contributed by atoms with van der Waals surface area (Å²) in [4.78, 5) is 1.46. The SMILES string of the molecule is CCNC(CCc1cccs1)c1ccoc1CC. The molecule has 18 heavy (non-hydrogen) atoms. The van der Waals surface area contributed by atoms with Gasteiger partial charge in [0.25, 0.3) is 0 Å². The Kier molecular flexibility index (Phi) is 5.02. The van der Waals surface area contributed by atoms with Crippen LogP contribution in [-0.2, 0) is 12.8 Å². The molecule has 1 unspecified atom stereocenters. The quantitative estimate of drug-likeness (QED) is 0.810. The van der Waals surface area contributed by atoms with Crippen molar-refractivity contribution in [1.82, 2.24) is 5.32 Å². The number of aryl methyl sites for hydroxylation is 2. The van der Waals surface area contributed by atoms with Gasteiger partial charge in [-0.3, -0.25) is 0 Å². The summed E-state index contributed by atoms with van der Waals surface area (Å²) in [5.41, 5.74) is 1.33. The molecule has 0 aliphatic carbocycles. The smallest absolute Gasteiger partial charge is 0.108 e. The minimum Gasteiger partial charge on any atom is -0.469 e. The van der Waals surface area contributed by atoms with Gasteiger partial charge in [0.05, 0.1) is 6.26 Å². The summed E-state index contributed by atoms with van der Waals surface area (Å²) < 4.78 is 5.54. The van der Waals surface area contributed by atoms with Crippen molar-refractivity contribution in [2.45, 2.75) is 39.2 Å². The lowest BCUT2D eigenvalue weighted by atomic mass is 10.0. The number of nitrogens with one attached hydrogen (secondary N) is 1. The van der Waals surface area contributed by atoms with Gasteiger partial charge in [-0.1, -0.05) is 19.9 Å². The molecular formula is C15H21NOS. The summed E-state index contributed by atoms with van der Waals surface area (Å²) >= 11 is 1.84. The highest BCUT2D eigenvalue weighted by atomic mass is 32.1. The summed E-state index contributed by atoms with van der Waals surface area (Å²) in [7, 11) is 0. The molecule has 2 nitrogen and oxygen atoms in total. The fourth-order valence-electron chi connectivity index (χ4n) is 2.30. The van der Waals surface area contributed by atoms with Gasteiger partial charge in [-0.15, -0.1) is 11.3 Å². The first kappa shape index (κ1) is 13.4. The Labute approximate surface area is 113 Å². The second-order valence-corrected chi connectivity index (χ2v) is 5.41. The van der Waals surface area contributed by atoms with Crippen molar-refractivity contribution in [3.63, 3.8) is 0 Å². The summed E-state index contributed by atoms with van der Waals surface area (Å²) in [6.07, 6.45) is 5.03. The van der Waals surface area contributed by atoms with E-state index in [4.69, 9.17) is 4.42 Å². The second kappa shape index (κ2) is 6.76. The van der Waals surface area contributed by atoms with Crippen molar-refractivity contribution >= 4 is 11.3 Å². The highest BCUT2D eigenvalue weighted by Crippen LogP contribution is 2.25. The summed E-state index contributed by atoms with van der Waals surface area (Å²) in [5, 5.41) is 5.71. The summed E-state index contributed by atoms with van der Waals surface area (Å²) in [6.45, 7) is 5.29. The highest BCUT2D eigenvalue weighted by molar-refractivity contribution is 7.09. The van der Waals surface area contributed by atoms with Gasteiger partial charge < -0.3 is 9.73 Å². The molecule has 0 amide bonds. The number of hydrogen-bond donors (Lipinski definition) is 1. The van der Waals surface area contributed by atoms with Gasteiger partial charge in [-0.05, 0) is 36.9 Å². The van der Waals surface area contributed by atoms with E-state index in [2.05, 4.69) is 42.7 Å². The lowest BCUT2D eigenvalue weighted by Gasteiger charge is -2.17. The molecule has 0 spiro atoms. The van der Waals surface area contributed by atoms with Gasteiger partial charge in [0, 0.05) is 22.9 Å². The molecule has 1 atom stereocenters. The lowest BCUT2D eigenvalue weighted by Crippen LogP contribution is -2.21. The Morgan fingerprint density at radius 2 is 2.22 bits per heavy atom. The first-order valence-electron chi connectivity index (χ1n) is 6.67. The molecule has 0 saturated heterocycles. The zero-order valence-electron chi connectivity index (χ0n) is 11.1. The van der Waals surface area contributed by atoms with E-state index in [-0.39, 0.29) is 0 Å². The molecule has 98 valence electrons. The molecule has 0 radical (unpaired) electrons. The molecule has 2 aromatic rings. The molecule has 2 rings (SSSR count). The Morgan fingerprint density at radius 3 is 2.89 bits per heavy atom. The van der Waals surface area contributed by atoms with Gasteiger partial charge in [-0.2, -0.15) is 0 Å². The minimum absolute atomic E-state index is 0.408. The van der Waals surface area contributed by atoms with E-state index in [1.165, 1.54) is 10.4 Å². The largest absolute Gasteiger partial charge is 0.469 e. The van der Waals surface area contributed by atoms with Crippen molar-refractivity contribution in [2.75, 3.05) is 6.54 Å². The maximum Gasteiger partial charge on any atom is 0.108 e. The Hall–Kier alpha value is -1.06. The van der Waals surface area contributed by atoms with Crippen LogP contribution < -0.4 is 5.32 Å². The molecule has 1 N–H and O–H groups in total. The fraction of sp³-hybridized carbons (Fsp3) is 0.467. The number of rotatable bonds is 7. The van der Waals surface area contributed by atoms with Gasteiger partial charge in [0.15, 0.2) is 0 Å². The van der Waals surface area contributed by atoms with E-state index in [1.54, 1.807) is 0 Å². The number of thiophene rings is 1. The van der Waals surface area contributed by atoms with Gasteiger partial charge in [0.1, 0.15) is 5.76 Å². The first-order valence-corrected chi connectivity index (χ1v) is 7.55. The first-order chi connectivity index (χ1) is 8.85. The van der Waals surface area contributed by atoms with E-state index in [1.807, 2.05) is 17.6 Å². The monoisotopic (exact) mass is 263 g/mol. The topological polar surface area (TPSA) is 25.2 Å². The Morgan fingerprint density at radius 1 is 1.33 bits per heavy atom. The van der Waals surface area contributed by atoms with E-state index < -0.39 is 0 Å². The van der Waals surface area contributed by atoms with Crippen LogP contribution in [-0.4, -0.2) is 6.54 Å². The van der Waals surface area contributed by atoms with E-state index >= 15 is 0 Å². The molecule has 0 aromatic carbocycles. The van der Waals surface area contributed by atoms with Crippen molar-refractivity contribution in [3.05, 3.63) is 46.0 Å². The summed E-state index contributed by atoms with van der Waals surface area (Å²) in [5.74, 6) is 1.12. The van der Waals surface area contributed by atoms with E-state index in [9.17, 15) is 0 Å². The standard InChI is InChI=1S/C15H21NOS/c1-3-15-13(9-10-17-15)14(16-4-2)8-7-12-6-5-11-18-12/h5-6,9-11,14,16H,3-4,7-8H2,1-2H3. The zero-order chi connectivity index (χ0) is 12.8. The number of furan rings is 1. The molecule has 2 aromatic heterocycles.